The predicted molar refractivity (Wildman–Crippen MR) is 90.4 cm³/mol. The summed E-state index contributed by atoms with van der Waals surface area (Å²) in [4.78, 5) is 27.3. The van der Waals surface area contributed by atoms with Crippen LogP contribution >= 0.6 is 11.6 Å². The fourth-order valence-corrected chi connectivity index (χ4v) is 3.94. The normalized spacial score (nSPS) is 23.0. The van der Waals surface area contributed by atoms with E-state index in [9.17, 15) is 9.59 Å². The number of hydrogen-bond donors (Lipinski definition) is 1. The third kappa shape index (κ3) is 2.85. The molecular weight excluding hydrogens is 312 g/mol. The van der Waals surface area contributed by atoms with Gasteiger partial charge in [-0.1, -0.05) is 30.2 Å². The Morgan fingerprint density at radius 2 is 1.87 bits per heavy atom. The van der Waals surface area contributed by atoms with Gasteiger partial charge in [0.25, 0.3) is 0 Å². The van der Waals surface area contributed by atoms with Gasteiger partial charge < -0.3 is 10.2 Å². The average Bonchev–Trinajstić information content (AvgIpc) is 2.54. The van der Waals surface area contributed by atoms with E-state index in [0.29, 0.717) is 11.6 Å². The molecule has 0 aromatic heterocycles. The first-order chi connectivity index (χ1) is 11.1. The zero-order valence-corrected chi connectivity index (χ0v) is 14.2. The number of nitrogens with zero attached hydrogens (tertiary/aromatic N) is 1. The van der Waals surface area contributed by atoms with Crippen LogP contribution in [0.1, 0.15) is 44.1 Å². The Morgan fingerprint density at radius 3 is 2.43 bits per heavy atom. The molecule has 2 fully saturated rings. The first-order valence-electron chi connectivity index (χ1n) is 8.37. The third-order valence-electron chi connectivity index (χ3n) is 5.33. The van der Waals surface area contributed by atoms with E-state index in [-0.39, 0.29) is 17.9 Å². The SMILES string of the molecule is CNC(=O)[C@@H]1CCCCN1C(=O)C1(c2ccc(Cl)cc2)CCC1. The molecule has 1 atom stereocenters. The number of piperidine rings is 1. The summed E-state index contributed by atoms with van der Waals surface area (Å²) >= 11 is 5.99. The van der Waals surface area contributed by atoms with Gasteiger partial charge in [0.2, 0.25) is 11.8 Å². The molecule has 1 saturated carbocycles. The Morgan fingerprint density at radius 1 is 1.17 bits per heavy atom. The predicted octanol–water partition coefficient (Wildman–Crippen LogP) is 2.89. The van der Waals surface area contributed by atoms with Crippen LogP contribution in [0.2, 0.25) is 5.02 Å². The molecule has 23 heavy (non-hydrogen) atoms. The Kier molecular flexibility index (Phi) is 4.62. The molecular formula is C18H23ClN2O2. The van der Waals surface area contributed by atoms with Crippen LogP contribution in [-0.4, -0.2) is 36.3 Å². The lowest BCUT2D eigenvalue weighted by atomic mass is 9.63. The summed E-state index contributed by atoms with van der Waals surface area (Å²) in [5.74, 6) is 0.0583. The van der Waals surface area contributed by atoms with E-state index in [1.807, 2.05) is 29.2 Å². The van der Waals surface area contributed by atoms with E-state index in [2.05, 4.69) is 5.32 Å². The van der Waals surface area contributed by atoms with Crippen molar-refractivity contribution < 1.29 is 9.59 Å². The molecule has 1 aromatic rings. The number of amides is 2. The highest BCUT2D eigenvalue weighted by Crippen LogP contribution is 2.46. The standard InChI is InChI=1S/C18H23ClN2O2/c1-20-16(22)15-5-2-3-12-21(15)17(23)18(10-4-11-18)13-6-8-14(19)9-7-13/h6-9,15H,2-5,10-12H2,1H3,(H,20,22)/t15-/m0/s1. The molecule has 1 saturated heterocycles. The Balaban J connectivity index is 1.89. The van der Waals surface area contributed by atoms with Crippen LogP contribution in [0, 0.1) is 0 Å². The van der Waals surface area contributed by atoms with Crippen LogP contribution in [-0.2, 0) is 15.0 Å². The van der Waals surface area contributed by atoms with Crippen molar-refractivity contribution in [2.45, 2.75) is 50.0 Å². The summed E-state index contributed by atoms with van der Waals surface area (Å²) in [6.45, 7) is 0.673. The van der Waals surface area contributed by atoms with Gasteiger partial charge >= 0.3 is 0 Å². The summed E-state index contributed by atoms with van der Waals surface area (Å²) in [6, 6.07) is 7.27. The van der Waals surface area contributed by atoms with Crippen molar-refractivity contribution in [1.29, 1.82) is 0 Å². The van der Waals surface area contributed by atoms with Crippen molar-refractivity contribution in [2.75, 3.05) is 13.6 Å². The maximum atomic E-state index is 13.3. The lowest BCUT2D eigenvalue weighted by molar-refractivity contribution is -0.149. The summed E-state index contributed by atoms with van der Waals surface area (Å²) in [5, 5.41) is 3.38. The van der Waals surface area contributed by atoms with Gasteiger partial charge in [0.1, 0.15) is 6.04 Å². The van der Waals surface area contributed by atoms with E-state index in [1.165, 1.54) is 0 Å². The van der Waals surface area contributed by atoms with Crippen molar-refractivity contribution in [3.8, 4) is 0 Å². The molecule has 1 aromatic carbocycles. The van der Waals surface area contributed by atoms with Gasteiger partial charge in [-0.2, -0.15) is 0 Å². The zero-order chi connectivity index (χ0) is 16.4. The molecule has 0 spiro atoms. The highest BCUT2D eigenvalue weighted by molar-refractivity contribution is 6.30. The van der Waals surface area contributed by atoms with Crippen LogP contribution < -0.4 is 5.32 Å². The number of nitrogens with one attached hydrogen (secondary N) is 1. The number of carbonyl (C=O) groups is 2. The van der Waals surface area contributed by atoms with Gasteiger partial charge in [-0.15, -0.1) is 0 Å². The van der Waals surface area contributed by atoms with Crippen LogP contribution in [0.5, 0.6) is 0 Å². The maximum absolute atomic E-state index is 13.3. The number of hydrogen-bond acceptors (Lipinski definition) is 2. The molecule has 1 aliphatic heterocycles. The average molecular weight is 335 g/mol. The van der Waals surface area contributed by atoms with Crippen LogP contribution in [0.25, 0.3) is 0 Å². The minimum atomic E-state index is -0.464. The van der Waals surface area contributed by atoms with Crippen LogP contribution in [0.15, 0.2) is 24.3 Å². The number of likely N-dealkylation sites (N-methyl/N-ethyl adjacent to an activating group) is 1. The second-order valence-corrected chi connectivity index (χ2v) is 7.00. The number of halogens is 1. The second kappa shape index (κ2) is 6.52. The minimum Gasteiger partial charge on any atom is -0.357 e. The Hall–Kier alpha value is -1.55. The minimum absolute atomic E-state index is 0.0522. The molecule has 2 aliphatic rings. The van der Waals surface area contributed by atoms with Crippen LogP contribution in [0.4, 0.5) is 0 Å². The molecule has 1 heterocycles. The van der Waals surface area contributed by atoms with Gasteiger partial charge in [0.15, 0.2) is 0 Å². The number of benzene rings is 1. The van der Waals surface area contributed by atoms with E-state index >= 15 is 0 Å². The zero-order valence-electron chi connectivity index (χ0n) is 13.5. The third-order valence-corrected chi connectivity index (χ3v) is 5.58. The topological polar surface area (TPSA) is 49.4 Å². The largest absolute Gasteiger partial charge is 0.357 e. The highest BCUT2D eigenvalue weighted by Gasteiger charge is 2.49. The van der Waals surface area contributed by atoms with Gasteiger partial charge in [-0.05, 0) is 49.8 Å². The van der Waals surface area contributed by atoms with Gasteiger partial charge in [0.05, 0.1) is 5.41 Å². The molecule has 4 nitrogen and oxygen atoms in total. The molecule has 1 N–H and O–H groups in total. The van der Waals surface area contributed by atoms with E-state index in [0.717, 1.165) is 44.1 Å². The highest BCUT2D eigenvalue weighted by atomic mass is 35.5. The monoisotopic (exact) mass is 334 g/mol. The molecule has 2 amide bonds. The van der Waals surface area contributed by atoms with Gasteiger partial charge in [-0.3, -0.25) is 9.59 Å². The Labute approximate surface area is 142 Å². The number of carbonyl (C=O) groups excluding carboxylic acids is 2. The van der Waals surface area contributed by atoms with Crippen molar-refractivity contribution in [2.24, 2.45) is 0 Å². The maximum Gasteiger partial charge on any atom is 0.242 e. The Bertz CT molecular complexity index is 596. The van der Waals surface area contributed by atoms with E-state index in [4.69, 9.17) is 11.6 Å². The van der Waals surface area contributed by atoms with Crippen molar-refractivity contribution in [3.05, 3.63) is 34.9 Å². The summed E-state index contributed by atoms with van der Waals surface area (Å²) in [6.07, 6.45) is 5.47. The molecule has 124 valence electrons. The van der Waals surface area contributed by atoms with Crippen molar-refractivity contribution in [1.82, 2.24) is 10.2 Å². The first-order valence-corrected chi connectivity index (χ1v) is 8.75. The lowest BCUT2D eigenvalue weighted by Crippen LogP contribution is -2.58. The second-order valence-electron chi connectivity index (χ2n) is 6.57. The number of likely N-dealkylation sites (tertiary alicyclic amines) is 1. The molecule has 0 radical (unpaired) electrons. The van der Waals surface area contributed by atoms with Crippen LogP contribution in [0.3, 0.4) is 0 Å². The molecule has 1 aliphatic carbocycles. The molecule has 3 rings (SSSR count). The number of rotatable bonds is 3. The summed E-state index contributed by atoms with van der Waals surface area (Å²) in [7, 11) is 1.64. The van der Waals surface area contributed by atoms with Gasteiger partial charge in [0, 0.05) is 18.6 Å². The molecule has 0 unspecified atom stereocenters. The summed E-state index contributed by atoms with van der Waals surface area (Å²) < 4.78 is 0. The lowest BCUT2D eigenvalue weighted by Gasteiger charge is -2.47. The quantitative estimate of drug-likeness (QED) is 0.924. The smallest absolute Gasteiger partial charge is 0.242 e. The summed E-state index contributed by atoms with van der Waals surface area (Å²) in [5.41, 5.74) is 0.563. The molecule has 0 bridgehead atoms. The fourth-order valence-electron chi connectivity index (χ4n) is 3.81. The van der Waals surface area contributed by atoms with E-state index in [1.54, 1.807) is 7.05 Å². The first kappa shape index (κ1) is 16.3. The van der Waals surface area contributed by atoms with Gasteiger partial charge in [-0.25, -0.2) is 0 Å². The van der Waals surface area contributed by atoms with Crippen molar-refractivity contribution >= 4 is 23.4 Å². The fraction of sp³-hybridized carbons (Fsp3) is 0.556. The van der Waals surface area contributed by atoms with E-state index < -0.39 is 5.41 Å². The molecule has 5 heteroatoms. The van der Waals surface area contributed by atoms with Crippen molar-refractivity contribution in [3.63, 3.8) is 0 Å².